The minimum absolute atomic E-state index is 0.438. The number of rotatable bonds is 4. The third kappa shape index (κ3) is 3.74. The standard InChI is InChI=1S/C16H13F3N4/c17-16(18,19)13-10-11(5-8-20-13)6-9-21-14-4-3-12-2-1-7-22-15(12)23-14/h1-5,7-8,10H,6,9H2,(H,21,22,23). The second-order valence-electron chi connectivity index (χ2n) is 4.97. The summed E-state index contributed by atoms with van der Waals surface area (Å²) in [6.07, 6.45) is -1.15. The lowest BCUT2D eigenvalue weighted by Crippen LogP contribution is -2.10. The number of alkyl halides is 3. The molecule has 3 aromatic rings. The summed E-state index contributed by atoms with van der Waals surface area (Å²) in [5, 5.41) is 4.02. The van der Waals surface area contributed by atoms with Crippen molar-refractivity contribution in [3.05, 3.63) is 60.0 Å². The second-order valence-corrected chi connectivity index (χ2v) is 4.97. The van der Waals surface area contributed by atoms with E-state index in [9.17, 15) is 13.2 Å². The Bertz CT molecular complexity index is 818. The summed E-state index contributed by atoms with van der Waals surface area (Å²) in [6.45, 7) is 0.465. The van der Waals surface area contributed by atoms with Gasteiger partial charge >= 0.3 is 6.18 Å². The topological polar surface area (TPSA) is 50.7 Å². The van der Waals surface area contributed by atoms with E-state index in [2.05, 4.69) is 20.3 Å². The summed E-state index contributed by atoms with van der Waals surface area (Å²) in [5.74, 6) is 0.640. The molecule has 3 rings (SSSR count). The van der Waals surface area contributed by atoms with E-state index in [0.29, 0.717) is 30.0 Å². The zero-order chi connectivity index (χ0) is 16.3. The molecule has 3 heterocycles. The summed E-state index contributed by atoms with van der Waals surface area (Å²) in [5.41, 5.74) is 0.322. The van der Waals surface area contributed by atoms with Crippen LogP contribution in [0.25, 0.3) is 11.0 Å². The van der Waals surface area contributed by atoms with Gasteiger partial charge in [-0.25, -0.2) is 9.97 Å². The second kappa shape index (κ2) is 6.20. The molecule has 7 heteroatoms. The first-order chi connectivity index (χ1) is 11.0. The van der Waals surface area contributed by atoms with E-state index in [-0.39, 0.29) is 0 Å². The highest BCUT2D eigenvalue weighted by Crippen LogP contribution is 2.27. The average Bonchev–Trinajstić information content (AvgIpc) is 2.54. The van der Waals surface area contributed by atoms with Gasteiger partial charge in [0.1, 0.15) is 11.5 Å². The highest BCUT2D eigenvalue weighted by molar-refractivity contribution is 5.76. The zero-order valence-corrected chi connectivity index (χ0v) is 12.0. The molecule has 0 aliphatic carbocycles. The van der Waals surface area contributed by atoms with E-state index in [0.717, 1.165) is 11.5 Å². The van der Waals surface area contributed by atoms with Gasteiger partial charge in [0.25, 0.3) is 0 Å². The molecule has 0 unspecified atom stereocenters. The molecule has 3 aromatic heterocycles. The van der Waals surface area contributed by atoms with Gasteiger partial charge in [0.15, 0.2) is 5.65 Å². The minimum Gasteiger partial charge on any atom is -0.370 e. The first kappa shape index (κ1) is 15.2. The Morgan fingerprint density at radius 2 is 1.87 bits per heavy atom. The molecule has 0 saturated carbocycles. The van der Waals surface area contributed by atoms with Gasteiger partial charge < -0.3 is 5.32 Å². The first-order valence-electron chi connectivity index (χ1n) is 7.00. The van der Waals surface area contributed by atoms with Crippen LogP contribution in [0, 0.1) is 0 Å². The van der Waals surface area contributed by atoms with Gasteiger partial charge in [0.05, 0.1) is 0 Å². The lowest BCUT2D eigenvalue weighted by atomic mass is 10.1. The van der Waals surface area contributed by atoms with E-state index < -0.39 is 11.9 Å². The van der Waals surface area contributed by atoms with Crippen LogP contribution in [0.2, 0.25) is 0 Å². The maximum absolute atomic E-state index is 12.6. The number of pyridine rings is 3. The molecule has 4 nitrogen and oxygen atoms in total. The van der Waals surface area contributed by atoms with Gasteiger partial charge in [-0.15, -0.1) is 0 Å². The van der Waals surface area contributed by atoms with E-state index in [4.69, 9.17) is 0 Å². The Morgan fingerprint density at radius 1 is 1.00 bits per heavy atom. The number of nitrogens with zero attached hydrogens (tertiary/aromatic N) is 3. The van der Waals surface area contributed by atoms with Crippen LogP contribution in [0.1, 0.15) is 11.3 Å². The molecule has 0 radical (unpaired) electrons. The molecule has 0 aliphatic heterocycles. The van der Waals surface area contributed by atoms with Gasteiger partial charge in [0, 0.05) is 24.3 Å². The number of nitrogens with one attached hydrogen (secondary N) is 1. The average molecular weight is 318 g/mol. The van der Waals surface area contributed by atoms with E-state index >= 15 is 0 Å². The number of fused-ring (bicyclic) bond motifs is 1. The smallest absolute Gasteiger partial charge is 0.370 e. The Hall–Kier alpha value is -2.70. The summed E-state index contributed by atoms with van der Waals surface area (Å²) < 4.78 is 37.8. The molecular formula is C16H13F3N4. The lowest BCUT2D eigenvalue weighted by molar-refractivity contribution is -0.141. The predicted molar refractivity (Wildman–Crippen MR) is 81.0 cm³/mol. The number of hydrogen-bond acceptors (Lipinski definition) is 4. The minimum atomic E-state index is -4.42. The molecule has 0 saturated heterocycles. The Morgan fingerprint density at radius 3 is 2.70 bits per heavy atom. The predicted octanol–water partition coefficient (Wildman–Crippen LogP) is 3.70. The SMILES string of the molecule is FC(F)(F)c1cc(CCNc2ccc3cccnc3n2)ccn1. The van der Waals surface area contributed by atoms with Crippen LogP contribution in [0.4, 0.5) is 19.0 Å². The van der Waals surface area contributed by atoms with Crippen molar-refractivity contribution in [3.8, 4) is 0 Å². The molecule has 0 spiro atoms. The summed E-state index contributed by atoms with van der Waals surface area (Å²) >= 11 is 0. The van der Waals surface area contributed by atoms with Crippen molar-refractivity contribution in [2.24, 2.45) is 0 Å². The summed E-state index contributed by atoms with van der Waals surface area (Å²) in [4.78, 5) is 11.9. The molecule has 0 fully saturated rings. The van der Waals surface area contributed by atoms with Crippen LogP contribution in [0.15, 0.2) is 48.8 Å². The van der Waals surface area contributed by atoms with Crippen molar-refractivity contribution in [2.75, 3.05) is 11.9 Å². The molecular weight excluding hydrogens is 305 g/mol. The monoisotopic (exact) mass is 318 g/mol. The van der Waals surface area contributed by atoms with Crippen molar-refractivity contribution in [1.82, 2.24) is 15.0 Å². The molecule has 0 atom stereocenters. The van der Waals surface area contributed by atoms with Crippen molar-refractivity contribution < 1.29 is 13.2 Å². The zero-order valence-electron chi connectivity index (χ0n) is 12.0. The maximum Gasteiger partial charge on any atom is 0.433 e. The fourth-order valence-corrected chi connectivity index (χ4v) is 2.17. The van der Waals surface area contributed by atoms with E-state index in [1.165, 1.54) is 6.20 Å². The number of hydrogen-bond donors (Lipinski definition) is 1. The van der Waals surface area contributed by atoms with Gasteiger partial charge in [-0.1, -0.05) is 0 Å². The number of halogens is 3. The van der Waals surface area contributed by atoms with Gasteiger partial charge in [-0.2, -0.15) is 13.2 Å². The molecule has 1 N–H and O–H groups in total. The van der Waals surface area contributed by atoms with Gasteiger partial charge in [-0.05, 0) is 48.4 Å². The number of aromatic nitrogens is 3. The third-order valence-electron chi connectivity index (χ3n) is 3.30. The molecule has 0 aromatic carbocycles. The van der Waals surface area contributed by atoms with Crippen molar-refractivity contribution in [3.63, 3.8) is 0 Å². The van der Waals surface area contributed by atoms with Crippen LogP contribution < -0.4 is 5.32 Å². The molecule has 23 heavy (non-hydrogen) atoms. The highest BCUT2D eigenvalue weighted by atomic mass is 19.4. The highest BCUT2D eigenvalue weighted by Gasteiger charge is 2.32. The Balaban J connectivity index is 1.64. The van der Waals surface area contributed by atoms with Crippen LogP contribution in [-0.4, -0.2) is 21.5 Å². The van der Waals surface area contributed by atoms with Crippen molar-refractivity contribution in [1.29, 1.82) is 0 Å². The van der Waals surface area contributed by atoms with Crippen molar-refractivity contribution in [2.45, 2.75) is 12.6 Å². The van der Waals surface area contributed by atoms with Crippen LogP contribution in [-0.2, 0) is 12.6 Å². The Labute approximate surface area is 130 Å². The van der Waals surface area contributed by atoms with Crippen molar-refractivity contribution >= 4 is 16.9 Å². The van der Waals surface area contributed by atoms with Crippen LogP contribution >= 0.6 is 0 Å². The first-order valence-corrected chi connectivity index (χ1v) is 7.00. The normalized spacial score (nSPS) is 11.6. The van der Waals surface area contributed by atoms with E-state index in [1.807, 2.05) is 24.3 Å². The van der Waals surface area contributed by atoms with Gasteiger partial charge in [0.2, 0.25) is 0 Å². The quantitative estimate of drug-likeness (QED) is 0.797. The van der Waals surface area contributed by atoms with Crippen LogP contribution in [0.3, 0.4) is 0 Å². The third-order valence-corrected chi connectivity index (χ3v) is 3.30. The lowest BCUT2D eigenvalue weighted by Gasteiger charge is -2.09. The maximum atomic E-state index is 12.6. The summed E-state index contributed by atoms with van der Waals surface area (Å²) in [7, 11) is 0. The van der Waals surface area contributed by atoms with E-state index in [1.54, 1.807) is 12.3 Å². The molecule has 118 valence electrons. The van der Waals surface area contributed by atoms with Crippen LogP contribution in [0.5, 0.6) is 0 Å². The summed E-state index contributed by atoms with van der Waals surface area (Å²) in [6, 6.07) is 10.1. The Kier molecular flexibility index (Phi) is 4.10. The molecule has 0 amide bonds. The largest absolute Gasteiger partial charge is 0.433 e. The molecule has 0 bridgehead atoms. The number of anilines is 1. The fourth-order valence-electron chi connectivity index (χ4n) is 2.17. The molecule has 0 aliphatic rings. The fraction of sp³-hybridized carbons (Fsp3) is 0.188. The van der Waals surface area contributed by atoms with Gasteiger partial charge in [-0.3, -0.25) is 4.98 Å².